The number of amides is 1. The first-order valence-corrected chi connectivity index (χ1v) is 15.2. The van der Waals surface area contributed by atoms with Crippen molar-refractivity contribution in [1.29, 1.82) is 0 Å². The molecule has 0 radical (unpaired) electrons. The molecule has 0 bridgehead atoms. The molecule has 10 nitrogen and oxygen atoms in total. The molecule has 3 aliphatic heterocycles. The lowest BCUT2D eigenvalue weighted by atomic mass is 9.82. The van der Waals surface area contributed by atoms with Gasteiger partial charge in [0.05, 0.1) is 36.7 Å². The fourth-order valence-electron chi connectivity index (χ4n) is 6.51. The minimum atomic E-state index is -3.10. The lowest BCUT2D eigenvalue weighted by molar-refractivity contribution is -0.152. The van der Waals surface area contributed by atoms with Crippen molar-refractivity contribution in [2.24, 2.45) is 11.8 Å². The van der Waals surface area contributed by atoms with Crippen LogP contribution in [0.2, 0.25) is 5.02 Å². The summed E-state index contributed by atoms with van der Waals surface area (Å²) in [6.07, 6.45) is 4.04. The minimum Gasteiger partial charge on any atom is -0.466 e. The summed E-state index contributed by atoms with van der Waals surface area (Å²) < 4.78 is 49.8. The minimum absolute atomic E-state index is 0.0812. The number of nitrogens with one attached hydrogen (secondary N) is 1. The summed E-state index contributed by atoms with van der Waals surface area (Å²) in [6, 6.07) is 4.19. The fourth-order valence-corrected chi connectivity index (χ4v) is 6.68. The third-order valence-corrected chi connectivity index (χ3v) is 9.04. The number of benzene rings is 1. The second-order valence-electron chi connectivity index (χ2n) is 11.8. The Balaban J connectivity index is 1.43. The number of likely N-dealkylation sites (tertiary alicyclic amines) is 1. The van der Waals surface area contributed by atoms with Gasteiger partial charge in [0, 0.05) is 49.5 Å². The van der Waals surface area contributed by atoms with Crippen LogP contribution in [0.5, 0.6) is 5.75 Å². The maximum absolute atomic E-state index is 14.3. The zero-order valence-electron chi connectivity index (χ0n) is 24.7. The van der Waals surface area contributed by atoms with Crippen molar-refractivity contribution in [3.05, 3.63) is 40.7 Å². The SMILES string of the molecule is CCOC(=O)C(CN1CCC(C(=O)Nc2ccc(Cl)cc2OC(F)F)(n2ncc3c2C(C)(C)OC3)CC1)C1CCOCC1. The van der Waals surface area contributed by atoms with Gasteiger partial charge in [-0.05, 0) is 64.5 Å². The number of halogens is 3. The van der Waals surface area contributed by atoms with Crippen molar-refractivity contribution in [3.8, 4) is 5.75 Å². The molecular weight excluding hydrogens is 586 g/mol. The van der Waals surface area contributed by atoms with Gasteiger partial charge in [-0.3, -0.25) is 14.3 Å². The molecule has 236 valence electrons. The van der Waals surface area contributed by atoms with Gasteiger partial charge in [-0.25, -0.2) is 0 Å². The zero-order valence-corrected chi connectivity index (χ0v) is 25.5. The second kappa shape index (κ2) is 13.1. The van der Waals surface area contributed by atoms with Gasteiger partial charge < -0.3 is 29.2 Å². The van der Waals surface area contributed by atoms with E-state index in [4.69, 9.17) is 25.8 Å². The van der Waals surface area contributed by atoms with Gasteiger partial charge in [0.1, 0.15) is 11.1 Å². The lowest BCUT2D eigenvalue weighted by Crippen LogP contribution is -2.55. The zero-order chi connectivity index (χ0) is 30.8. The van der Waals surface area contributed by atoms with Gasteiger partial charge in [-0.15, -0.1) is 0 Å². The third-order valence-electron chi connectivity index (χ3n) is 8.80. The molecule has 0 spiro atoms. The van der Waals surface area contributed by atoms with E-state index in [2.05, 4.69) is 20.1 Å². The number of esters is 1. The molecule has 3 aliphatic rings. The third kappa shape index (κ3) is 6.67. The molecule has 1 aromatic carbocycles. The highest BCUT2D eigenvalue weighted by atomic mass is 35.5. The number of carbonyl (C=O) groups is 2. The number of ether oxygens (including phenoxy) is 4. The highest BCUT2D eigenvalue weighted by Crippen LogP contribution is 2.42. The van der Waals surface area contributed by atoms with Crippen LogP contribution in [0.15, 0.2) is 24.4 Å². The van der Waals surface area contributed by atoms with Crippen LogP contribution in [0.1, 0.15) is 57.7 Å². The van der Waals surface area contributed by atoms with Gasteiger partial charge in [-0.1, -0.05) is 11.6 Å². The molecule has 1 unspecified atom stereocenters. The first-order chi connectivity index (χ1) is 20.5. The Morgan fingerprint density at radius 2 is 1.93 bits per heavy atom. The summed E-state index contributed by atoms with van der Waals surface area (Å²) in [7, 11) is 0. The first kappa shape index (κ1) is 31.6. The smallest absolute Gasteiger partial charge is 0.387 e. The monoisotopic (exact) mass is 624 g/mol. The predicted molar refractivity (Wildman–Crippen MR) is 154 cm³/mol. The molecule has 2 saturated heterocycles. The number of rotatable bonds is 10. The quantitative estimate of drug-likeness (QED) is 0.371. The summed E-state index contributed by atoms with van der Waals surface area (Å²) in [5, 5.41) is 7.72. The number of nitrogens with zero attached hydrogens (tertiary/aromatic N) is 3. The number of hydrogen-bond acceptors (Lipinski definition) is 8. The Kier molecular flexibility index (Phi) is 9.60. The molecule has 4 heterocycles. The molecule has 1 atom stereocenters. The molecular formula is C30H39ClF2N4O6. The number of fused-ring (bicyclic) bond motifs is 1. The van der Waals surface area contributed by atoms with E-state index >= 15 is 0 Å². The van der Waals surface area contributed by atoms with Crippen molar-refractivity contribution >= 4 is 29.2 Å². The maximum Gasteiger partial charge on any atom is 0.387 e. The number of aromatic nitrogens is 2. The van der Waals surface area contributed by atoms with Gasteiger partial charge >= 0.3 is 12.6 Å². The predicted octanol–water partition coefficient (Wildman–Crippen LogP) is 4.94. The van der Waals surface area contributed by atoms with Crippen LogP contribution >= 0.6 is 11.6 Å². The average molecular weight is 625 g/mol. The summed E-state index contributed by atoms with van der Waals surface area (Å²) in [5.41, 5.74) is -0.0526. The molecule has 43 heavy (non-hydrogen) atoms. The number of anilines is 1. The van der Waals surface area contributed by atoms with Crippen LogP contribution in [-0.4, -0.2) is 72.6 Å². The molecule has 5 rings (SSSR count). The highest BCUT2D eigenvalue weighted by molar-refractivity contribution is 6.30. The van der Waals surface area contributed by atoms with E-state index in [9.17, 15) is 18.4 Å². The van der Waals surface area contributed by atoms with Crippen molar-refractivity contribution < 1.29 is 37.3 Å². The molecule has 2 fully saturated rings. The van der Waals surface area contributed by atoms with Gasteiger partial charge in [0.2, 0.25) is 0 Å². The molecule has 0 saturated carbocycles. The van der Waals surface area contributed by atoms with E-state index in [1.54, 1.807) is 17.8 Å². The molecule has 2 aromatic rings. The van der Waals surface area contributed by atoms with E-state index in [1.807, 2.05) is 13.8 Å². The number of alkyl halides is 2. The lowest BCUT2D eigenvalue weighted by Gasteiger charge is -2.43. The van der Waals surface area contributed by atoms with Crippen LogP contribution in [0.4, 0.5) is 14.5 Å². The normalized spacial score (nSPS) is 20.9. The molecule has 0 aliphatic carbocycles. The van der Waals surface area contributed by atoms with E-state index < -0.39 is 23.7 Å². The number of piperidine rings is 1. The average Bonchev–Trinajstić information content (AvgIpc) is 3.55. The van der Waals surface area contributed by atoms with Gasteiger partial charge in [0.15, 0.2) is 5.75 Å². The molecule has 1 N–H and O–H groups in total. The first-order valence-electron chi connectivity index (χ1n) is 14.8. The van der Waals surface area contributed by atoms with E-state index in [0.717, 1.165) is 24.1 Å². The van der Waals surface area contributed by atoms with Crippen molar-refractivity contribution in [2.45, 2.75) is 70.8 Å². The standard InChI is InChI=1S/C30H39ClF2N4O6/c1-4-41-26(38)22(19-7-13-40-14-8-19)17-36-11-9-30(10-12-36,37-25-20(16-34-37)18-42-29(25,2)3)27(39)35-23-6-5-21(31)15-24(23)43-28(32)33/h5-6,15-16,19,22,28H,4,7-14,17-18H2,1-3H3,(H,35,39). The largest absolute Gasteiger partial charge is 0.466 e. The summed E-state index contributed by atoms with van der Waals surface area (Å²) in [4.78, 5) is 29.5. The number of hydrogen-bond donors (Lipinski definition) is 1. The van der Waals surface area contributed by atoms with Gasteiger partial charge in [0.25, 0.3) is 5.91 Å². The van der Waals surface area contributed by atoms with E-state index in [0.29, 0.717) is 58.9 Å². The second-order valence-corrected chi connectivity index (χ2v) is 12.3. The van der Waals surface area contributed by atoms with Gasteiger partial charge in [-0.2, -0.15) is 13.9 Å². The van der Waals surface area contributed by atoms with E-state index in [1.165, 1.54) is 18.2 Å². The maximum atomic E-state index is 14.3. The molecule has 13 heteroatoms. The topological polar surface area (TPSA) is 104 Å². The van der Waals surface area contributed by atoms with Crippen LogP contribution in [0.25, 0.3) is 0 Å². The highest BCUT2D eigenvalue weighted by Gasteiger charge is 2.49. The Bertz CT molecular complexity index is 1310. The van der Waals surface area contributed by atoms with Crippen LogP contribution in [0, 0.1) is 11.8 Å². The summed E-state index contributed by atoms with van der Waals surface area (Å²) >= 11 is 6.03. The van der Waals surface area contributed by atoms with Crippen LogP contribution in [0.3, 0.4) is 0 Å². The fraction of sp³-hybridized carbons (Fsp3) is 0.633. The number of carbonyl (C=O) groups excluding carboxylic acids is 2. The van der Waals surface area contributed by atoms with Crippen molar-refractivity contribution in [3.63, 3.8) is 0 Å². The molecule has 1 amide bonds. The van der Waals surface area contributed by atoms with Crippen LogP contribution in [-0.2, 0) is 41.5 Å². The molecule has 1 aromatic heterocycles. The summed E-state index contributed by atoms with van der Waals surface area (Å²) in [6.45, 7) is 6.02. The Morgan fingerprint density at radius 1 is 1.21 bits per heavy atom. The Hall–Kier alpha value is -2.80. The summed E-state index contributed by atoms with van der Waals surface area (Å²) in [5.74, 6) is -0.981. The van der Waals surface area contributed by atoms with Crippen molar-refractivity contribution in [1.82, 2.24) is 14.7 Å². The van der Waals surface area contributed by atoms with Crippen molar-refractivity contribution in [2.75, 3.05) is 44.8 Å². The Morgan fingerprint density at radius 3 is 2.60 bits per heavy atom. The van der Waals surface area contributed by atoms with Crippen LogP contribution < -0.4 is 10.1 Å². The van der Waals surface area contributed by atoms with E-state index in [-0.39, 0.29) is 34.3 Å². The Labute approximate surface area is 254 Å².